The molecule has 0 aromatic rings. The Morgan fingerprint density at radius 1 is 0.500 bits per heavy atom. The number of amides is 1. The zero-order valence-corrected chi connectivity index (χ0v) is 24.8. The Labute approximate surface area is 227 Å². The summed E-state index contributed by atoms with van der Waals surface area (Å²) in [6.45, 7) is 4.06. The van der Waals surface area contributed by atoms with Crippen molar-refractivity contribution in [1.82, 2.24) is 0 Å². The van der Waals surface area contributed by atoms with Gasteiger partial charge in [-0.15, -0.1) is 0 Å². The van der Waals surface area contributed by atoms with Gasteiger partial charge in [-0.05, 0) is 19.8 Å². The van der Waals surface area contributed by atoms with Crippen molar-refractivity contribution in [3.8, 4) is 0 Å². The van der Waals surface area contributed by atoms with Gasteiger partial charge in [0.1, 0.15) is 0 Å². The summed E-state index contributed by atoms with van der Waals surface area (Å²) >= 11 is 0. The molecule has 2 nitrogen and oxygen atoms in total. The third kappa shape index (κ3) is 29.2. The number of nitrogens with two attached hydrogens (primary N) is 1. The molecule has 212 valence electrons. The topological polar surface area (TPSA) is 43.1 Å². The number of carbonyl (C=O) groups is 1. The Balaban J connectivity index is 3.11. The molecule has 0 fully saturated rings. The van der Waals surface area contributed by atoms with E-state index < -0.39 is 0 Å². The molecule has 0 saturated heterocycles. The van der Waals surface area contributed by atoms with Gasteiger partial charge in [-0.3, -0.25) is 4.79 Å². The predicted octanol–water partition coefficient (Wildman–Crippen LogP) is 11.5. The minimum absolute atomic E-state index is 0.333. The van der Waals surface area contributed by atoms with Gasteiger partial charge < -0.3 is 5.73 Å². The van der Waals surface area contributed by atoms with Crippen LogP contribution >= 0.6 is 0 Å². The predicted molar refractivity (Wildman–Crippen MR) is 162 cm³/mol. The second-order valence-electron chi connectivity index (χ2n) is 11.3. The smallest absolute Gasteiger partial charge is 0.244 e. The maximum atomic E-state index is 10.9. The number of hydrogen-bond donors (Lipinski definition) is 1. The van der Waals surface area contributed by atoms with Crippen molar-refractivity contribution in [3.05, 3.63) is 23.8 Å². The summed E-state index contributed by atoms with van der Waals surface area (Å²) in [5, 5.41) is 0. The average molecular weight is 504 g/mol. The van der Waals surface area contributed by atoms with Crippen molar-refractivity contribution in [3.63, 3.8) is 0 Å². The first kappa shape index (κ1) is 35.0. The largest absolute Gasteiger partial charge is 0.366 e. The molecule has 0 aliphatic carbocycles. The molecule has 2 heteroatoms. The van der Waals surface area contributed by atoms with Crippen LogP contribution in [0, 0.1) is 0 Å². The molecule has 0 heterocycles. The quantitative estimate of drug-likeness (QED) is 0.0615. The molecule has 0 aromatic heterocycles. The first-order chi connectivity index (χ1) is 17.7. The molecule has 0 radical (unpaired) electrons. The lowest BCUT2D eigenvalue weighted by molar-refractivity contribution is -0.114. The standard InChI is InChI=1S/C34H65NO/c1-3-4-5-6-7-8-9-10-11-12-13-14-15-16-17-18-19-20-21-22-23-24-25-26-27-28-29-30-31-32-33(2)34(35)36/h30-32H,3-29H2,1-2H3,(H2,35,36). The maximum Gasteiger partial charge on any atom is 0.244 e. The van der Waals surface area contributed by atoms with E-state index in [1.807, 2.05) is 12.2 Å². The second-order valence-corrected chi connectivity index (χ2v) is 11.3. The summed E-state index contributed by atoms with van der Waals surface area (Å²) in [4.78, 5) is 10.9. The van der Waals surface area contributed by atoms with E-state index in [-0.39, 0.29) is 5.91 Å². The Morgan fingerprint density at radius 2 is 0.778 bits per heavy atom. The van der Waals surface area contributed by atoms with Crippen LogP contribution in [0.1, 0.15) is 187 Å². The highest BCUT2D eigenvalue weighted by atomic mass is 16.1. The highest BCUT2D eigenvalue weighted by Gasteiger charge is 1.96. The molecule has 0 bridgehead atoms. The molecular weight excluding hydrogens is 438 g/mol. The lowest BCUT2D eigenvalue weighted by atomic mass is 10.0. The third-order valence-electron chi connectivity index (χ3n) is 7.60. The Kier molecular flexibility index (Phi) is 29.3. The Bertz CT molecular complexity index is 507. The monoisotopic (exact) mass is 504 g/mol. The van der Waals surface area contributed by atoms with E-state index in [0.717, 1.165) is 6.42 Å². The minimum atomic E-state index is -0.333. The summed E-state index contributed by atoms with van der Waals surface area (Å²) < 4.78 is 0. The van der Waals surface area contributed by atoms with E-state index in [0.29, 0.717) is 5.57 Å². The van der Waals surface area contributed by atoms with Crippen molar-refractivity contribution >= 4 is 5.91 Å². The molecule has 0 atom stereocenters. The van der Waals surface area contributed by atoms with Gasteiger partial charge in [0.15, 0.2) is 0 Å². The molecule has 0 aliphatic rings. The second kappa shape index (κ2) is 30.2. The summed E-state index contributed by atoms with van der Waals surface area (Å²) in [5.74, 6) is -0.333. The average Bonchev–Trinajstić information content (AvgIpc) is 2.87. The number of allylic oxidation sites excluding steroid dienone is 3. The van der Waals surface area contributed by atoms with Crippen molar-refractivity contribution in [2.45, 2.75) is 187 Å². The summed E-state index contributed by atoms with van der Waals surface area (Å²) in [7, 11) is 0. The van der Waals surface area contributed by atoms with Crippen molar-refractivity contribution in [2.24, 2.45) is 5.73 Å². The van der Waals surface area contributed by atoms with Crippen LogP contribution in [0.4, 0.5) is 0 Å². The van der Waals surface area contributed by atoms with Gasteiger partial charge in [-0.2, -0.15) is 0 Å². The zero-order chi connectivity index (χ0) is 26.4. The van der Waals surface area contributed by atoms with Crippen LogP contribution in [0.5, 0.6) is 0 Å². The number of rotatable bonds is 29. The lowest BCUT2D eigenvalue weighted by Crippen LogP contribution is -2.11. The fourth-order valence-corrected chi connectivity index (χ4v) is 4.97. The lowest BCUT2D eigenvalue weighted by Gasteiger charge is -2.04. The van der Waals surface area contributed by atoms with Gasteiger partial charge in [0.2, 0.25) is 5.91 Å². The van der Waals surface area contributed by atoms with Gasteiger partial charge in [-0.25, -0.2) is 0 Å². The van der Waals surface area contributed by atoms with Gasteiger partial charge in [-0.1, -0.05) is 186 Å². The number of unbranched alkanes of at least 4 members (excludes halogenated alkanes) is 26. The molecule has 1 amide bonds. The highest BCUT2D eigenvalue weighted by molar-refractivity contribution is 5.91. The van der Waals surface area contributed by atoms with Gasteiger partial charge in [0, 0.05) is 5.57 Å². The van der Waals surface area contributed by atoms with Crippen LogP contribution in [-0.2, 0) is 4.79 Å². The highest BCUT2D eigenvalue weighted by Crippen LogP contribution is 2.16. The first-order valence-corrected chi connectivity index (χ1v) is 16.3. The number of hydrogen-bond acceptors (Lipinski definition) is 1. The van der Waals surface area contributed by atoms with Gasteiger partial charge in [0.05, 0.1) is 0 Å². The number of primary amides is 1. The van der Waals surface area contributed by atoms with Gasteiger partial charge in [0.25, 0.3) is 0 Å². The summed E-state index contributed by atoms with van der Waals surface area (Å²) in [6.07, 6.45) is 44.4. The molecule has 2 N–H and O–H groups in total. The van der Waals surface area contributed by atoms with E-state index in [4.69, 9.17) is 5.73 Å². The Hall–Kier alpha value is -1.05. The summed E-state index contributed by atoms with van der Waals surface area (Å²) in [6, 6.07) is 0. The van der Waals surface area contributed by atoms with Crippen molar-refractivity contribution in [1.29, 1.82) is 0 Å². The van der Waals surface area contributed by atoms with E-state index in [2.05, 4.69) is 13.0 Å². The van der Waals surface area contributed by atoms with Crippen LogP contribution in [-0.4, -0.2) is 5.91 Å². The molecule has 0 unspecified atom stereocenters. The van der Waals surface area contributed by atoms with Crippen LogP contribution in [0.25, 0.3) is 0 Å². The molecule has 0 aromatic carbocycles. The van der Waals surface area contributed by atoms with Crippen molar-refractivity contribution in [2.75, 3.05) is 0 Å². The first-order valence-electron chi connectivity index (χ1n) is 16.3. The normalized spacial score (nSPS) is 12.1. The summed E-state index contributed by atoms with van der Waals surface area (Å²) in [5.41, 5.74) is 5.83. The van der Waals surface area contributed by atoms with Crippen molar-refractivity contribution < 1.29 is 4.79 Å². The zero-order valence-electron chi connectivity index (χ0n) is 24.8. The molecular formula is C34H65NO. The van der Waals surface area contributed by atoms with Crippen LogP contribution in [0.3, 0.4) is 0 Å². The van der Waals surface area contributed by atoms with Crippen LogP contribution in [0.15, 0.2) is 23.8 Å². The van der Waals surface area contributed by atoms with Crippen LogP contribution < -0.4 is 5.73 Å². The molecule has 0 spiro atoms. The SMILES string of the molecule is CCCCCCCCCCCCCCCCCCCCCCCCCCCCC=CC=C(C)C(N)=O. The van der Waals surface area contributed by atoms with E-state index >= 15 is 0 Å². The Morgan fingerprint density at radius 3 is 1.06 bits per heavy atom. The molecule has 0 aliphatic heterocycles. The third-order valence-corrected chi connectivity index (χ3v) is 7.60. The molecule has 36 heavy (non-hydrogen) atoms. The van der Waals surface area contributed by atoms with E-state index in [9.17, 15) is 4.79 Å². The van der Waals surface area contributed by atoms with E-state index in [1.54, 1.807) is 6.92 Å². The fraction of sp³-hybridized carbons (Fsp3) is 0.853. The molecule has 0 saturated carbocycles. The van der Waals surface area contributed by atoms with Crippen LogP contribution in [0.2, 0.25) is 0 Å². The fourth-order valence-electron chi connectivity index (χ4n) is 4.97. The maximum absolute atomic E-state index is 10.9. The molecule has 0 rings (SSSR count). The van der Waals surface area contributed by atoms with E-state index in [1.165, 1.54) is 167 Å². The number of carbonyl (C=O) groups excluding carboxylic acids is 1. The minimum Gasteiger partial charge on any atom is -0.366 e. The van der Waals surface area contributed by atoms with Gasteiger partial charge >= 0.3 is 0 Å².